The van der Waals surface area contributed by atoms with Crippen molar-refractivity contribution >= 4 is 29.1 Å². The number of rotatable bonds is 4. The van der Waals surface area contributed by atoms with Crippen molar-refractivity contribution in [3.05, 3.63) is 47.2 Å². The molecule has 0 bridgehead atoms. The Morgan fingerprint density at radius 1 is 1.09 bits per heavy atom. The zero-order valence-electron chi connectivity index (χ0n) is 12.1. The standard InChI is InChI=1S/C16H17ClN4O/c17-12-5-7-14(8-6-12)20-15(22)11-9-18-16(19-10-11)21-13-3-1-2-4-13/h5-10,13H,1-4H2,(H,20,22)(H,18,19,21). The molecule has 0 radical (unpaired) electrons. The molecule has 0 saturated heterocycles. The summed E-state index contributed by atoms with van der Waals surface area (Å²) in [6.45, 7) is 0. The van der Waals surface area contributed by atoms with Crippen LogP contribution in [0.1, 0.15) is 36.0 Å². The van der Waals surface area contributed by atoms with Gasteiger partial charge in [-0.1, -0.05) is 24.4 Å². The van der Waals surface area contributed by atoms with Crippen molar-refractivity contribution in [2.24, 2.45) is 0 Å². The smallest absolute Gasteiger partial charge is 0.258 e. The maximum absolute atomic E-state index is 12.1. The number of halogens is 1. The second-order valence-corrected chi connectivity index (χ2v) is 5.82. The van der Waals surface area contributed by atoms with Crippen molar-refractivity contribution in [1.82, 2.24) is 9.97 Å². The van der Waals surface area contributed by atoms with E-state index in [-0.39, 0.29) is 5.91 Å². The van der Waals surface area contributed by atoms with E-state index >= 15 is 0 Å². The molecule has 2 aromatic rings. The minimum Gasteiger partial charge on any atom is -0.351 e. The highest BCUT2D eigenvalue weighted by Crippen LogP contribution is 2.20. The Balaban J connectivity index is 1.61. The largest absolute Gasteiger partial charge is 0.351 e. The Hall–Kier alpha value is -2.14. The van der Waals surface area contributed by atoms with Gasteiger partial charge in [0.25, 0.3) is 5.91 Å². The summed E-state index contributed by atoms with van der Waals surface area (Å²) in [5, 5.41) is 6.70. The molecule has 2 N–H and O–H groups in total. The van der Waals surface area contributed by atoms with E-state index in [4.69, 9.17) is 11.6 Å². The first-order valence-electron chi connectivity index (χ1n) is 7.36. The normalized spacial score (nSPS) is 14.8. The lowest BCUT2D eigenvalue weighted by molar-refractivity contribution is 0.102. The molecule has 1 aromatic heterocycles. The molecular formula is C16H17ClN4O. The van der Waals surface area contributed by atoms with Crippen molar-refractivity contribution < 1.29 is 4.79 Å². The van der Waals surface area contributed by atoms with E-state index in [2.05, 4.69) is 20.6 Å². The number of carbonyl (C=O) groups excluding carboxylic acids is 1. The summed E-state index contributed by atoms with van der Waals surface area (Å²) in [5.41, 5.74) is 1.11. The van der Waals surface area contributed by atoms with E-state index in [0.29, 0.717) is 28.3 Å². The van der Waals surface area contributed by atoms with Gasteiger partial charge in [-0.3, -0.25) is 4.79 Å². The third kappa shape index (κ3) is 3.74. The highest BCUT2D eigenvalue weighted by Gasteiger charge is 2.15. The third-order valence-electron chi connectivity index (χ3n) is 3.70. The fraction of sp³-hybridized carbons (Fsp3) is 0.312. The van der Waals surface area contributed by atoms with E-state index < -0.39 is 0 Å². The van der Waals surface area contributed by atoms with Gasteiger partial charge in [-0.25, -0.2) is 9.97 Å². The lowest BCUT2D eigenvalue weighted by Crippen LogP contribution is -2.18. The molecule has 3 rings (SSSR count). The van der Waals surface area contributed by atoms with Gasteiger partial charge < -0.3 is 10.6 Å². The minimum atomic E-state index is -0.241. The van der Waals surface area contributed by atoms with Crippen LogP contribution in [0.3, 0.4) is 0 Å². The van der Waals surface area contributed by atoms with Gasteiger partial charge in [0.15, 0.2) is 0 Å². The molecule has 0 spiro atoms. The minimum absolute atomic E-state index is 0.241. The van der Waals surface area contributed by atoms with E-state index in [1.807, 2.05) is 0 Å². The number of aromatic nitrogens is 2. The molecule has 1 saturated carbocycles. The fourth-order valence-corrected chi connectivity index (χ4v) is 2.64. The maximum atomic E-state index is 12.1. The van der Waals surface area contributed by atoms with E-state index in [1.165, 1.54) is 25.2 Å². The summed E-state index contributed by atoms with van der Waals surface area (Å²) in [6.07, 6.45) is 7.88. The van der Waals surface area contributed by atoms with Gasteiger partial charge in [0, 0.05) is 29.1 Å². The summed E-state index contributed by atoms with van der Waals surface area (Å²) in [4.78, 5) is 20.5. The summed E-state index contributed by atoms with van der Waals surface area (Å²) in [5.74, 6) is 0.338. The fourth-order valence-electron chi connectivity index (χ4n) is 2.51. The van der Waals surface area contributed by atoms with Crippen LogP contribution in [0.2, 0.25) is 5.02 Å². The Morgan fingerprint density at radius 2 is 1.73 bits per heavy atom. The Labute approximate surface area is 134 Å². The second-order valence-electron chi connectivity index (χ2n) is 5.38. The molecule has 6 heteroatoms. The summed E-state index contributed by atoms with van der Waals surface area (Å²) in [6, 6.07) is 7.40. The quantitative estimate of drug-likeness (QED) is 0.901. The highest BCUT2D eigenvalue weighted by molar-refractivity contribution is 6.30. The summed E-state index contributed by atoms with van der Waals surface area (Å²) >= 11 is 5.81. The van der Waals surface area contributed by atoms with E-state index in [1.54, 1.807) is 24.3 Å². The van der Waals surface area contributed by atoms with E-state index in [0.717, 1.165) is 12.8 Å². The van der Waals surface area contributed by atoms with Gasteiger partial charge in [0.2, 0.25) is 5.95 Å². The number of hydrogen-bond donors (Lipinski definition) is 2. The summed E-state index contributed by atoms with van der Waals surface area (Å²) < 4.78 is 0. The first-order chi connectivity index (χ1) is 10.7. The van der Waals surface area contributed by atoms with Gasteiger partial charge in [-0.15, -0.1) is 0 Å². The monoisotopic (exact) mass is 316 g/mol. The van der Waals surface area contributed by atoms with Crippen LogP contribution in [-0.2, 0) is 0 Å². The molecule has 1 aromatic carbocycles. The van der Waals surface area contributed by atoms with Crippen molar-refractivity contribution in [2.75, 3.05) is 10.6 Å². The number of nitrogens with zero attached hydrogens (tertiary/aromatic N) is 2. The molecule has 0 atom stereocenters. The van der Waals surface area contributed by atoms with Crippen molar-refractivity contribution in [2.45, 2.75) is 31.7 Å². The molecular weight excluding hydrogens is 300 g/mol. The molecule has 22 heavy (non-hydrogen) atoms. The van der Waals surface area contributed by atoms with Gasteiger partial charge >= 0.3 is 0 Å². The molecule has 114 valence electrons. The molecule has 1 heterocycles. The van der Waals surface area contributed by atoms with Crippen LogP contribution in [0.4, 0.5) is 11.6 Å². The number of nitrogens with one attached hydrogen (secondary N) is 2. The predicted octanol–water partition coefficient (Wildman–Crippen LogP) is 3.74. The Bertz CT molecular complexity index is 636. The lowest BCUT2D eigenvalue weighted by Gasteiger charge is -2.11. The van der Waals surface area contributed by atoms with Crippen molar-refractivity contribution in [3.63, 3.8) is 0 Å². The first kappa shape index (κ1) is 14.8. The van der Waals surface area contributed by atoms with Crippen LogP contribution in [0.15, 0.2) is 36.7 Å². The SMILES string of the molecule is O=C(Nc1ccc(Cl)cc1)c1cnc(NC2CCCC2)nc1. The molecule has 1 fully saturated rings. The third-order valence-corrected chi connectivity index (χ3v) is 3.96. The van der Waals surface area contributed by atoms with Crippen LogP contribution in [-0.4, -0.2) is 21.9 Å². The van der Waals surface area contributed by atoms with Crippen molar-refractivity contribution in [3.8, 4) is 0 Å². The average Bonchev–Trinajstić information content (AvgIpc) is 3.03. The molecule has 1 aliphatic carbocycles. The van der Waals surface area contributed by atoms with E-state index in [9.17, 15) is 4.79 Å². The van der Waals surface area contributed by atoms with Crippen LogP contribution < -0.4 is 10.6 Å². The van der Waals surface area contributed by atoms with Gasteiger partial charge in [-0.2, -0.15) is 0 Å². The zero-order chi connectivity index (χ0) is 15.4. The van der Waals surface area contributed by atoms with Crippen LogP contribution >= 0.6 is 11.6 Å². The van der Waals surface area contributed by atoms with Crippen LogP contribution in [0.5, 0.6) is 0 Å². The Kier molecular flexibility index (Phi) is 4.53. The average molecular weight is 317 g/mol. The number of anilines is 2. The number of amides is 1. The van der Waals surface area contributed by atoms with Gasteiger partial charge in [0.05, 0.1) is 5.56 Å². The van der Waals surface area contributed by atoms with Crippen molar-refractivity contribution in [1.29, 1.82) is 0 Å². The summed E-state index contributed by atoms with van der Waals surface area (Å²) in [7, 11) is 0. The number of carbonyl (C=O) groups is 1. The maximum Gasteiger partial charge on any atom is 0.258 e. The lowest BCUT2D eigenvalue weighted by atomic mass is 10.2. The zero-order valence-corrected chi connectivity index (χ0v) is 12.8. The number of benzene rings is 1. The molecule has 1 aliphatic rings. The first-order valence-corrected chi connectivity index (χ1v) is 7.74. The topological polar surface area (TPSA) is 66.9 Å². The molecule has 0 aliphatic heterocycles. The van der Waals surface area contributed by atoms with Gasteiger partial charge in [-0.05, 0) is 37.1 Å². The van der Waals surface area contributed by atoms with Crippen LogP contribution in [0, 0.1) is 0 Å². The molecule has 1 amide bonds. The van der Waals surface area contributed by atoms with Gasteiger partial charge in [0.1, 0.15) is 0 Å². The molecule has 5 nitrogen and oxygen atoms in total. The van der Waals surface area contributed by atoms with Crippen LogP contribution in [0.25, 0.3) is 0 Å². The second kappa shape index (κ2) is 6.75. The predicted molar refractivity (Wildman–Crippen MR) is 87.3 cm³/mol. The Morgan fingerprint density at radius 3 is 2.36 bits per heavy atom. The highest BCUT2D eigenvalue weighted by atomic mass is 35.5. The number of hydrogen-bond acceptors (Lipinski definition) is 4. The molecule has 0 unspecified atom stereocenters.